The average Bonchev–Trinajstić information content (AvgIpc) is 2.62. The highest BCUT2D eigenvalue weighted by molar-refractivity contribution is 5.80. The van der Waals surface area contributed by atoms with E-state index in [-0.39, 0.29) is 12.5 Å². The van der Waals surface area contributed by atoms with Gasteiger partial charge in [0.05, 0.1) is 11.0 Å². The molecule has 0 unspecified atom stereocenters. The molecule has 0 atom stereocenters. The Morgan fingerprint density at radius 3 is 2.89 bits per heavy atom. The lowest BCUT2D eigenvalue weighted by Gasteiger charge is -2.08. The molecule has 0 fully saturated rings. The molecule has 2 aromatic rings. The lowest BCUT2D eigenvalue weighted by Crippen LogP contribution is -2.33. The van der Waals surface area contributed by atoms with Crippen molar-refractivity contribution >= 4 is 16.9 Å². The number of H-pyrrole nitrogens is 1. The summed E-state index contributed by atoms with van der Waals surface area (Å²) >= 11 is 0. The molecule has 1 aromatic heterocycles. The highest BCUT2D eigenvalue weighted by Gasteiger charge is 2.11. The summed E-state index contributed by atoms with van der Waals surface area (Å²) in [6, 6.07) is 3.98. The summed E-state index contributed by atoms with van der Waals surface area (Å²) in [5.74, 6) is -0.316. The minimum absolute atomic E-state index is 0.0722. The van der Waals surface area contributed by atoms with Crippen LogP contribution in [0.25, 0.3) is 11.0 Å². The highest BCUT2D eigenvalue weighted by atomic mass is 19.1. The van der Waals surface area contributed by atoms with Crippen LogP contribution in [0.5, 0.6) is 0 Å². The van der Waals surface area contributed by atoms with Crippen molar-refractivity contribution < 1.29 is 9.18 Å². The maximum Gasteiger partial charge on any atom is 0.326 e. The van der Waals surface area contributed by atoms with E-state index >= 15 is 0 Å². The largest absolute Gasteiger partial charge is 0.354 e. The maximum atomic E-state index is 13.0. The molecule has 0 radical (unpaired) electrons. The number of amides is 1. The van der Waals surface area contributed by atoms with Crippen LogP contribution in [0, 0.1) is 11.7 Å². The Morgan fingerprint density at radius 2 is 2.21 bits per heavy atom. The van der Waals surface area contributed by atoms with Crippen molar-refractivity contribution in [2.45, 2.75) is 20.4 Å². The number of aromatic nitrogens is 2. The van der Waals surface area contributed by atoms with E-state index in [9.17, 15) is 14.0 Å². The summed E-state index contributed by atoms with van der Waals surface area (Å²) in [7, 11) is 0. The predicted molar refractivity (Wildman–Crippen MR) is 70.4 cm³/mol. The first-order chi connectivity index (χ1) is 8.97. The molecule has 5 nitrogen and oxygen atoms in total. The lowest BCUT2D eigenvalue weighted by atomic mass is 10.2. The zero-order valence-corrected chi connectivity index (χ0v) is 10.9. The van der Waals surface area contributed by atoms with Gasteiger partial charge < -0.3 is 10.3 Å². The molecule has 0 bridgehead atoms. The number of carbonyl (C=O) groups excluding carboxylic acids is 1. The van der Waals surface area contributed by atoms with Gasteiger partial charge in [0.2, 0.25) is 5.91 Å². The normalized spacial score (nSPS) is 11.2. The fourth-order valence-corrected chi connectivity index (χ4v) is 1.81. The van der Waals surface area contributed by atoms with Crippen LogP contribution >= 0.6 is 0 Å². The van der Waals surface area contributed by atoms with Crippen LogP contribution in [0.2, 0.25) is 0 Å². The van der Waals surface area contributed by atoms with Crippen LogP contribution in [-0.2, 0) is 11.3 Å². The predicted octanol–water partition coefficient (Wildman–Crippen LogP) is 1.24. The van der Waals surface area contributed by atoms with Gasteiger partial charge in [-0.25, -0.2) is 9.18 Å². The fraction of sp³-hybridized carbons (Fsp3) is 0.385. The van der Waals surface area contributed by atoms with Crippen LogP contribution in [-0.4, -0.2) is 22.0 Å². The van der Waals surface area contributed by atoms with E-state index in [4.69, 9.17) is 0 Å². The van der Waals surface area contributed by atoms with Gasteiger partial charge in [-0.05, 0) is 24.1 Å². The summed E-state index contributed by atoms with van der Waals surface area (Å²) < 4.78 is 14.3. The number of nitrogens with one attached hydrogen (secondary N) is 2. The Balaban J connectivity index is 2.23. The van der Waals surface area contributed by atoms with Crippen LogP contribution in [0.15, 0.2) is 23.0 Å². The van der Waals surface area contributed by atoms with Crippen LogP contribution < -0.4 is 11.0 Å². The smallest absolute Gasteiger partial charge is 0.326 e. The van der Waals surface area contributed by atoms with Crippen molar-refractivity contribution in [2.75, 3.05) is 6.54 Å². The second-order valence-electron chi connectivity index (χ2n) is 4.88. The lowest BCUT2D eigenvalue weighted by molar-refractivity contribution is -0.121. The number of nitrogens with zero attached hydrogens (tertiary/aromatic N) is 1. The first-order valence-corrected chi connectivity index (χ1v) is 6.12. The molecular weight excluding hydrogens is 249 g/mol. The second-order valence-corrected chi connectivity index (χ2v) is 4.88. The molecule has 0 saturated heterocycles. The van der Waals surface area contributed by atoms with Gasteiger partial charge in [-0.1, -0.05) is 13.8 Å². The van der Waals surface area contributed by atoms with Gasteiger partial charge in [0.15, 0.2) is 0 Å². The third-order valence-electron chi connectivity index (χ3n) is 2.75. The van der Waals surface area contributed by atoms with Gasteiger partial charge in [-0.15, -0.1) is 0 Å². The standard InChI is InChI=1S/C13H16FN3O2/c1-8(2)6-15-12(18)7-17-11-4-3-9(14)5-10(11)16-13(17)19/h3-5,8H,6-7H2,1-2H3,(H,15,18)(H,16,19). The molecule has 0 aliphatic rings. The summed E-state index contributed by atoms with van der Waals surface area (Å²) in [5.41, 5.74) is 0.494. The van der Waals surface area contributed by atoms with E-state index in [1.54, 1.807) is 0 Å². The zero-order chi connectivity index (χ0) is 14.0. The van der Waals surface area contributed by atoms with E-state index in [2.05, 4.69) is 10.3 Å². The SMILES string of the molecule is CC(C)CNC(=O)Cn1c(=O)[nH]c2cc(F)ccc21. The second kappa shape index (κ2) is 5.26. The van der Waals surface area contributed by atoms with Crippen LogP contribution in [0.3, 0.4) is 0 Å². The molecule has 1 amide bonds. The number of hydrogen-bond acceptors (Lipinski definition) is 2. The Bertz CT molecular complexity index is 657. The van der Waals surface area contributed by atoms with Crippen molar-refractivity contribution in [3.05, 3.63) is 34.5 Å². The first kappa shape index (κ1) is 13.3. The van der Waals surface area contributed by atoms with Crippen molar-refractivity contribution in [1.82, 2.24) is 14.9 Å². The molecule has 0 aliphatic heterocycles. The number of benzene rings is 1. The molecule has 0 saturated carbocycles. The molecule has 102 valence electrons. The number of rotatable bonds is 4. The summed E-state index contributed by atoms with van der Waals surface area (Å²) in [4.78, 5) is 26.0. The third kappa shape index (κ3) is 3.01. The Hall–Kier alpha value is -2.11. The van der Waals surface area contributed by atoms with Crippen molar-refractivity contribution in [3.8, 4) is 0 Å². The summed E-state index contributed by atoms with van der Waals surface area (Å²) in [6.45, 7) is 4.46. The minimum atomic E-state index is -0.426. The molecule has 6 heteroatoms. The fourth-order valence-electron chi connectivity index (χ4n) is 1.81. The monoisotopic (exact) mass is 265 g/mol. The number of hydrogen-bond donors (Lipinski definition) is 2. The molecule has 2 rings (SSSR count). The third-order valence-corrected chi connectivity index (χ3v) is 2.75. The van der Waals surface area contributed by atoms with E-state index < -0.39 is 11.5 Å². The molecule has 0 aliphatic carbocycles. The quantitative estimate of drug-likeness (QED) is 0.873. The first-order valence-electron chi connectivity index (χ1n) is 6.12. The number of imidazole rings is 1. The van der Waals surface area contributed by atoms with Gasteiger partial charge in [-0.2, -0.15) is 0 Å². The highest BCUT2D eigenvalue weighted by Crippen LogP contribution is 2.11. The van der Waals surface area contributed by atoms with Crippen molar-refractivity contribution in [2.24, 2.45) is 5.92 Å². The molecule has 0 spiro atoms. The topological polar surface area (TPSA) is 66.9 Å². The maximum absolute atomic E-state index is 13.0. The van der Waals surface area contributed by atoms with Gasteiger partial charge in [0.1, 0.15) is 12.4 Å². The van der Waals surface area contributed by atoms with E-state index in [1.807, 2.05) is 13.8 Å². The van der Waals surface area contributed by atoms with E-state index in [0.29, 0.717) is 23.5 Å². The van der Waals surface area contributed by atoms with Crippen LogP contribution in [0.1, 0.15) is 13.8 Å². The Morgan fingerprint density at radius 1 is 1.47 bits per heavy atom. The molecular formula is C13H16FN3O2. The molecule has 2 N–H and O–H groups in total. The van der Waals surface area contributed by atoms with Gasteiger partial charge in [0.25, 0.3) is 0 Å². The summed E-state index contributed by atoms with van der Waals surface area (Å²) in [5, 5.41) is 2.74. The number of fused-ring (bicyclic) bond motifs is 1. The zero-order valence-electron chi connectivity index (χ0n) is 10.9. The van der Waals surface area contributed by atoms with Gasteiger partial charge in [-0.3, -0.25) is 9.36 Å². The molecule has 19 heavy (non-hydrogen) atoms. The van der Waals surface area contributed by atoms with Crippen LogP contribution in [0.4, 0.5) is 4.39 Å². The summed E-state index contributed by atoms with van der Waals surface area (Å²) in [6.07, 6.45) is 0. The number of aromatic amines is 1. The molecule has 1 aromatic carbocycles. The van der Waals surface area contributed by atoms with E-state index in [0.717, 1.165) is 0 Å². The van der Waals surface area contributed by atoms with Crippen molar-refractivity contribution in [3.63, 3.8) is 0 Å². The van der Waals surface area contributed by atoms with Crippen molar-refractivity contribution in [1.29, 1.82) is 0 Å². The molecule has 1 heterocycles. The van der Waals surface area contributed by atoms with E-state index in [1.165, 1.54) is 22.8 Å². The van der Waals surface area contributed by atoms with Gasteiger partial charge >= 0.3 is 5.69 Å². The Labute approximate surface area is 109 Å². The van der Waals surface area contributed by atoms with Gasteiger partial charge in [0, 0.05) is 6.54 Å². The number of halogens is 1. The average molecular weight is 265 g/mol. The number of carbonyl (C=O) groups is 1. The minimum Gasteiger partial charge on any atom is -0.354 e. The Kier molecular flexibility index (Phi) is 3.69.